The maximum absolute atomic E-state index is 12.8. The largest absolute Gasteiger partial charge is 0.464 e. The lowest BCUT2D eigenvalue weighted by Gasteiger charge is -2.25. The molecule has 0 bridgehead atoms. The van der Waals surface area contributed by atoms with Crippen molar-refractivity contribution in [1.82, 2.24) is 9.88 Å². The fourth-order valence-electron chi connectivity index (χ4n) is 2.86. The number of methoxy groups -OCH3 is 1. The van der Waals surface area contributed by atoms with Crippen molar-refractivity contribution < 1.29 is 14.3 Å². The monoisotopic (exact) mass is 338 g/mol. The quantitative estimate of drug-likeness (QED) is 0.714. The Balaban J connectivity index is 2.05. The Bertz CT molecular complexity index is 536. The van der Waals surface area contributed by atoms with E-state index in [4.69, 9.17) is 0 Å². The zero-order valence-corrected chi connectivity index (χ0v) is 15.0. The van der Waals surface area contributed by atoms with Gasteiger partial charge in [-0.05, 0) is 25.2 Å². The molecule has 1 aromatic heterocycles. The molecule has 1 aromatic rings. The van der Waals surface area contributed by atoms with Gasteiger partial charge in [-0.1, -0.05) is 26.7 Å². The molecule has 6 heteroatoms. The van der Waals surface area contributed by atoms with Gasteiger partial charge in [0, 0.05) is 17.8 Å². The molecule has 0 saturated heterocycles. The number of carbonyl (C=O) groups excluding carboxylic acids is 2. The zero-order chi connectivity index (χ0) is 16.8. The van der Waals surface area contributed by atoms with E-state index in [0.717, 1.165) is 43.7 Å². The average molecular weight is 338 g/mol. The van der Waals surface area contributed by atoms with Crippen molar-refractivity contribution in [2.45, 2.75) is 52.5 Å². The third kappa shape index (κ3) is 5.03. The molecule has 0 spiro atoms. The Morgan fingerprint density at radius 2 is 2.09 bits per heavy atom. The van der Waals surface area contributed by atoms with Crippen LogP contribution in [-0.4, -0.2) is 35.4 Å². The number of ether oxygens (including phenoxy) is 1. The van der Waals surface area contributed by atoms with Gasteiger partial charge in [-0.2, -0.15) is 0 Å². The Morgan fingerprint density at radius 1 is 1.39 bits per heavy atom. The molecule has 0 N–H and O–H groups in total. The molecule has 0 aromatic carbocycles. The van der Waals surface area contributed by atoms with Gasteiger partial charge in [0.2, 0.25) is 5.91 Å². The molecule has 1 aliphatic rings. The number of nitrogens with zero attached hydrogens (tertiary/aromatic N) is 2. The van der Waals surface area contributed by atoms with Crippen LogP contribution >= 0.6 is 11.3 Å². The first kappa shape index (κ1) is 17.9. The van der Waals surface area contributed by atoms with E-state index in [0.29, 0.717) is 18.2 Å². The molecular weight excluding hydrogens is 312 g/mol. The van der Waals surface area contributed by atoms with Crippen molar-refractivity contribution in [3.63, 3.8) is 0 Å². The van der Waals surface area contributed by atoms with Crippen LogP contribution in [0.2, 0.25) is 0 Å². The Morgan fingerprint density at radius 3 is 2.70 bits per heavy atom. The summed E-state index contributed by atoms with van der Waals surface area (Å²) in [6, 6.07) is 0. The second kappa shape index (κ2) is 8.43. The van der Waals surface area contributed by atoms with E-state index < -0.39 is 5.97 Å². The van der Waals surface area contributed by atoms with Crippen molar-refractivity contribution in [2.75, 3.05) is 13.7 Å². The van der Waals surface area contributed by atoms with Crippen LogP contribution in [0.1, 0.15) is 61.4 Å². The van der Waals surface area contributed by atoms with E-state index >= 15 is 0 Å². The van der Waals surface area contributed by atoms with Crippen LogP contribution in [0, 0.1) is 11.8 Å². The second-order valence-electron chi connectivity index (χ2n) is 6.54. The van der Waals surface area contributed by atoms with Gasteiger partial charge in [0.15, 0.2) is 5.69 Å². The summed E-state index contributed by atoms with van der Waals surface area (Å²) in [5.74, 6) is 0.541. The summed E-state index contributed by atoms with van der Waals surface area (Å²) in [5, 5.41) is 2.49. The normalized spacial score (nSPS) is 15.1. The summed E-state index contributed by atoms with van der Waals surface area (Å²) in [4.78, 5) is 30.5. The molecule has 1 saturated carbocycles. The van der Waals surface area contributed by atoms with Gasteiger partial charge in [-0.25, -0.2) is 9.78 Å². The first-order valence-electron chi connectivity index (χ1n) is 8.32. The Labute approximate surface area is 142 Å². The molecule has 2 rings (SSSR count). The fraction of sp³-hybridized carbons (Fsp3) is 0.706. The summed E-state index contributed by atoms with van der Waals surface area (Å²) in [6.45, 7) is 5.57. The van der Waals surface area contributed by atoms with Crippen LogP contribution in [0.15, 0.2) is 5.38 Å². The first-order chi connectivity index (χ1) is 11.0. The lowest BCUT2D eigenvalue weighted by atomic mass is 10.1. The number of amides is 1. The van der Waals surface area contributed by atoms with E-state index in [2.05, 4.69) is 23.6 Å². The predicted molar refractivity (Wildman–Crippen MR) is 90.3 cm³/mol. The summed E-state index contributed by atoms with van der Waals surface area (Å²) < 4.78 is 4.69. The fourth-order valence-corrected chi connectivity index (χ4v) is 3.64. The topological polar surface area (TPSA) is 59.5 Å². The highest BCUT2D eigenvalue weighted by Gasteiger charge is 2.28. The highest BCUT2D eigenvalue weighted by molar-refractivity contribution is 7.09. The second-order valence-corrected chi connectivity index (χ2v) is 7.48. The highest BCUT2D eigenvalue weighted by atomic mass is 32.1. The first-order valence-corrected chi connectivity index (χ1v) is 9.20. The lowest BCUT2D eigenvalue weighted by molar-refractivity contribution is -0.136. The van der Waals surface area contributed by atoms with Crippen LogP contribution in [0.5, 0.6) is 0 Å². The number of thiazole rings is 1. The zero-order valence-electron chi connectivity index (χ0n) is 14.2. The number of carbonyl (C=O) groups is 2. The van der Waals surface area contributed by atoms with Crippen LogP contribution in [0.3, 0.4) is 0 Å². The standard InChI is InChI=1S/C17H26N2O3S/c1-12(2)8-9-19(16(20)13-6-4-5-7-13)10-15-18-14(11-23-15)17(21)22-3/h11-13H,4-10H2,1-3H3. The molecule has 0 radical (unpaired) electrons. The molecule has 5 nitrogen and oxygen atoms in total. The Kier molecular flexibility index (Phi) is 6.57. The predicted octanol–water partition coefficient (Wildman–Crippen LogP) is 3.49. The maximum atomic E-state index is 12.8. The Hall–Kier alpha value is -1.43. The van der Waals surface area contributed by atoms with Gasteiger partial charge < -0.3 is 9.64 Å². The van der Waals surface area contributed by atoms with Crippen LogP contribution in [0.25, 0.3) is 0 Å². The molecule has 0 atom stereocenters. The molecular formula is C17H26N2O3S. The van der Waals surface area contributed by atoms with Gasteiger partial charge in [0.05, 0.1) is 13.7 Å². The minimum absolute atomic E-state index is 0.169. The average Bonchev–Trinajstić information content (AvgIpc) is 3.21. The molecule has 1 heterocycles. The van der Waals surface area contributed by atoms with E-state index in [1.807, 2.05) is 4.90 Å². The van der Waals surface area contributed by atoms with Crippen molar-refractivity contribution >= 4 is 23.2 Å². The van der Waals surface area contributed by atoms with E-state index in [1.54, 1.807) is 5.38 Å². The number of rotatable bonds is 7. The lowest BCUT2D eigenvalue weighted by Crippen LogP contribution is -2.36. The van der Waals surface area contributed by atoms with Gasteiger partial charge in [0.25, 0.3) is 0 Å². The summed E-state index contributed by atoms with van der Waals surface area (Å²) >= 11 is 1.41. The third-order valence-corrected chi connectivity index (χ3v) is 5.10. The summed E-state index contributed by atoms with van der Waals surface area (Å²) in [5.41, 5.74) is 0.324. The smallest absolute Gasteiger partial charge is 0.357 e. The summed E-state index contributed by atoms with van der Waals surface area (Å²) in [7, 11) is 1.35. The third-order valence-electron chi connectivity index (χ3n) is 4.26. The van der Waals surface area contributed by atoms with Gasteiger partial charge >= 0.3 is 5.97 Å². The van der Waals surface area contributed by atoms with Gasteiger partial charge in [-0.15, -0.1) is 11.3 Å². The minimum atomic E-state index is -0.427. The van der Waals surface area contributed by atoms with Crippen LogP contribution in [0.4, 0.5) is 0 Å². The molecule has 1 aliphatic carbocycles. The van der Waals surface area contributed by atoms with Crippen LogP contribution in [-0.2, 0) is 16.1 Å². The van der Waals surface area contributed by atoms with E-state index in [9.17, 15) is 9.59 Å². The van der Waals surface area contributed by atoms with Gasteiger partial charge in [0.1, 0.15) is 5.01 Å². The number of aromatic nitrogens is 1. The number of esters is 1. The van der Waals surface area contributed by atoms with Gasteiger partial charge in [-0.3, -0.25) is 4.79 Å². The molecule has 128 valence electrons. The van der Waals surface area contributed by atoms with Crippen molar-refractivity contribution in [2.24, 2.45) is 11.8 Å². The molecule has 23 heavy (non-hydrogen) atoms. The van der Waals surface area contributed by atoms with Crippen molar-refractivity contribution in [3.8, 4) is 0 Å². The van der Waals surface area contributed by atoms with E-state index in [1.165, 1.54) is 18.4 Å². The summed E-state index contributed by atoms with van der Waals surface area (Å²) in [6.07, 6.45) is 5.29. The molecule has 1 amide bonds. The minimum Gasteiger partial charge on any atom is -0.464 e. The SMILES string of the molecule is COC(=O)c1csc(CN(CCC(C)C)C(=O)C2CCCC2)n1. The maximum Gasteiger partial charge on any atom is 0.357 e. The van der Waals surface area contributed by atoms with E-state index in [-0.39, 0.29) is 11.8 Å². The number of hydrogen-bond donors (Lipinski definition) is 0. The highest BCUT2D eigenvalue weighted by Crippen LogP contribution is 2.27. The van der Waals surface area contributed by atoms with Crippen molar-refractivity contribution in [1.29, 1.82) is 0 Å². The molecule has 1 fully saturated rings. The molecule has 0 aliphatic heterocycles. The number of hydrogen-bond acceptors (Lipinski definition) is 5. The molecule has 0 unspecified atom stereocenters. The van der Waals surface area contributed by atoms with Crippen LogP contribution < -0.4 is 0 Å². The van der Waals surface area contributed by atoms with Crippen molar-refractivity contribution in [3.05, 3.63) is 16.1 Å².